The predicted molar refractivity (Wildman–Crippen MR) is 131 cm³/mol. The summed E-state index contributed by atoms with van der Waals surface area (Å²) in [5, 5.41) is 2.67. The fourth-order valence-corrected chi connectivity index (χ4v) is 5.83. The van der Waals surface area contributed by atoms with Crippen molar-refractivity contribution in [2.24, 2.45) is 0 Å². The number of carbonyl (C=O) groups excluding carboxylic acids is 2. The molecule has 6 rings (SSSR count). The number of rotatable bonds is 1. The monoisotopic (exact) mass is 447 g/mol. The van der Waals surface area contributed by atoms with Crippen LogP contribution in [0, 0.1) is 11.8 Å². The van der Waals surface area contributed by atoms with Crippen LogP contribution in [0.4, 0.5) is 0 Å². The summed E-state index contributed by atoms with van der Waals surface area (Å²) in [4.78, 5) is 32.2. The Balaban J connectivity index is 1.33. The highest BCUT2D eigenvalue weighted by atomic mass is 32.1. The molecule has 0 aliphatic heterocycles. The summed E-state index contributed by atoms with van der Waals surface area (Å²) in [7, 11) is 0. The zero-order valence-electron chi connectivity index (χ0n) is 16.6. The molecule has 0 unspecified atom stereocenters. The van der Waals surface area contributed by atoms with E-state index in [1.807, 2.05) is 72.8 Å². The van der Waals surface area contributed by atoms with Crippen LogP contribution in [-0.4, -0.2) is 16.6 Å². The first kappa shape index (κ1) is 18.9. The number of benzene rings is 3. The fraction of sp³-hybridized carbons (Fsp3) is 0. The average molecular weight is 448 g/mol. The number of thiazole rings is 1. The van der Waals surface area contributed by atoms with E-state index in [-0.39, 0.29) is 17.1 Å². The molecule has 32 heavy (non-hydrogen) atoms. The van der Waals surface area contributed by atoms with Gasteiger partial charge in [0.2, 0.25) is 0 Å². The number of allylic oxidation sites excluding steroid dienone is 1. The first-order chi connectivity index (χ1) is 15.7. The van der Waals surface area contributed by atoms with Crippen molar-refractivity contribution >= 4 is 60.6 Å². The molecule has 1 aliphatic rings. The van der Waals surface area contributed by atoms with E-state index in [1.54, 1.807) is 6.08 Å². The maximum atomic E-state index is 13.0. The highest BCUT2D eigenvalue weighted by molar-refractivity contribution is 7.27. The van der Waals surface area contributed by atoms with Crippen molar-refractivity contribution in [3.63, 3.8) is 0 Å². The summed E-state index contributed by atoms with van der Waals surface area (Å²) in [5.41, 5.74) is 2.13. The van der Waals surface area contributed by atoms with Crippen LogP contribution in [0.3, 0.4) is 0 Å². The number of fused-ring (bicyclic) bond motifs is 3. The molecule has 0 atom stereocenters. The third-order valence-corrected chi connectivity index (χ3v) is 7.37. The maximum Gasteiger partial charge on any atom is 0.197 e. The molecule has 0 saturated heterocycles. The Labute approximate surface area is 191 Å². The lowest BCUT2D eigenvalue weighted by molar-refractivity contribution is 0.0990. The van der Waals surface area contributed by atoms with Gasteiger partial charge in [0, 0.05) is 21.6 Å². The molecule has 150 valence electrons. The quantitative estimate of drug-likeness (QED) is 0.170. The van der Waals surface area contributed by atoms with Gasteiger partial charge >= 0.3 is 0 Å². The van der Waals surface area contributed by atoms with E-state index in [0.29, 0.717) is 11.1 Å². The van der Waals surface area contributed by atoms with E-state index < -0.39 is 0 Å². The van der Waals surface area contributed by atoms with Gasteiger partial charge in [-0.15, -0.1) is 22.7 Å². The normalized spacial score (nSPS) is 12.8. The summed E-state index contributed by atoms with van der Waals surface area (Å²) in [6.45, 7) is 0. The van der Waals surface area contributed by atoms with Crippen molar-refractivity contribution in [1.82, 2.24) is 4.98 Å². The molecule has 0 saturated carbocycles. The molecule has 2 heterocycles. The van der Waals surface area contributed by atoms with Crippen LogP contribution in [0.25, 0.3) is 26.4 Å². The van der Waals surface area contributed by atoms with Crippen molar-refractivity contribution in [2.45, 2.75) is 0 Å². The van der Waals surface area contributed by atoms with Crippen molar-refractivity contribution in [2.75, 3.05) is 0 Å². The van der Waals surface area contributed by atoms with Gasteiger partial charge in [0.25, 0.3) is 0 Å². The molecule has 0 fully saturated rings. The van der Waals surface area contributed by atoms with Gasteiger partial charge < -0.3 is 0 Å². The highest BCUT2D eigenvalue weighted by Crippen LogP contribution is 2.35. The standard InChI is InChI=1S/C27H13NO2S2/c29-25-20-12-17-8-4-5-9-18(17)13-21(20)26(30)22(25)14-19-15-23-27(31-19)28-24(32-23)11-10-16-6-2-1-3-7-16/h1-9,12-15H. The Bertz CT molecular complexity index is 1570. The highest BCUT2D eigenvalue weighted by Gasteiger charge is 2.33. The van der Waals surface area contributed by atoms with Gasteiger partial charge in [0.1, 0.15) is 4.83 Å². The minimum absolute atomic E-state index is 0.213. The molecule has 0 spiro atoms. The summed E-state index contributed by atoms with van der Waals surface area (Å²) < 4.78 is 1.00. The summed E-state index contributed by atoms with van der Waals surface area (Å²) in [6, 6.07) is 23.2. The molecule has 0 N–H and O–H groups in total. The third-order valence-electron chi connectivity index (χ3n) is 5.35. The number of ketones is 2. The number of carbonyl (C=O) groups is 2. The van der Waals surface area contributed by atoms with Crippen LogP contribution in [0.1, 0.15) is 36.2 Å². The van der Waals surface area contributed by atoms with Crippen LogP contribution >= 0.6 is 22.7 Å². The number of nitrogens with zero attached hydrogens (tertiary/aromatic N) is 1. The van der Waals surface area contributed by atoms with Crippen LogP contribution < -0.4 is 0 Å². The van der Waals surface area contributed by atoms with Gasteiger partial charge in [-0.05, 0) is 53.1 Å². The molecule has 5 aromatic rings. The van der Waals surface area contributed by atoms with Crippen LogP contribution in [0.15, 0.2) is 78.4 Å². The van der Waals surface area contributed by atoms with E-state index in [1.165, 1.54) is 22.7 Å². The van der Waals surface area contributed by atoms with Crippen LogP contribution in [0.5, 0.6) is 0 Å². The smallest absolute Gasteiger partial charge is 0.197 e. The minimum Gasteiger partial charge on any atom is -0.288 e. The molecule has 0 bridgehead atoms. The molecular weight excluding hydrogens is 434 g/mol. The van der Waals surface area contributed by atoms with Gasteiger partial charge in [0.15, 0.2) is 16.6 Å². The Morgan fingerprint density at radius 2 is 1.41 bits per heavy atom. The van der Waals surface area contributed by atoms with Gasteiger partial charge in [-0.25, -0.2) is 4.98 Å². The number of hydrogen-bond donors (Lipinski definition) is 0. The van der Waals surface area contributed by atoms with Crippen LogP contribution in [0.2, 0.25) is 0 Å². The first-order valence-corrected chi connectivity index (χ1v) is 11.6. The van der Waals surface area contributed by atoms with E-state index in [4.69, 9.17) is 0 Å². The summed E-state index contributed by atoms with van der Waals surface area (Å²) >= 11 is 2.98. The van der Waals surface area contributed by atoms with E-state index >= 15 is 0 Å². The average Bonchev–Trinajstić information content (AvgIpc) is 3.44. The van der Waals surface area contributed by atoms with Crippen molar-refractivity contribution < 1.29 is 9.59 Å². The second kappa shape index (κ2) is 7.38. The first-order valence-electron chi connectivity index (χ1n) is 9.97. The number of Topliss-reactive ketones (excluding diaryl/α,β-unsaturated/α-hetero) is 2. The number of thiophene rings is 1. The Morgan fingerprint density at radius 3 is 2.06 bits per heavy atom. The van der Waals surface area contributed by atoms with Crippen molar-refractivity contribution in [3.05, 3.63) is 105 Å². The van der Waals surface area contributed by atoms with E-state index in [9.17, 15) is 9.59 Å². The topological polar surface area (TPSA) is 47.0 Å². The van der Waals surface area contributed by atoms with Gasteiger partial charge in [-0.3, -0.25) is 9.59 Å². The van der Waals surface area contributed by atoms with Crippen molar-refractivity contribution in [1.29, 1.82) is 0 Å². The van der Waals surface area contributed by atoms with Gasteiger partial charge in [0.05, 0.1) is 10.3 Å². The molecular formula is C27H13NO2S2. The Hall–Kier alpha value is -3.85. The molecule has 3 aromatic carbocycles. The summed E-state index contributed by atoms with van der Waals surface area (Å²) in [5.74, 6) is 5.81. The lowest BCUT2D eigenvalue weighted by atomic mass is 10.0. The minimum atomic E-state index is -0.213. The van der Waals surface area contributed by atoms with Crippen LogP contribution in [-0.2, 0) is 0 Å². The second-order valence-electron chi connectivity index (χ2n) is 7.41. The lowest BCUT2D eigenvalue weighted by Gasteiger charge is -2.00. The molecule has 0 radical (unpaired) electrons. The molecule has 3 nitrogen and oxygen atoms in total. The van der Waals surface area contributed by atoms with E-state index in [0.717, 1.165) is 35.8 Å². The Morgan fingerprint density at radius 1 is 0.750 bits per heavy atom. The summed E-state index contributed by atoms with van der Waals surface area (Å²) in [6.07, 6.45) is 1.70. The second-order valence-corrected chi connectivity index (χ2v) is 9.51. The third kappa shape index (κ3) is 3.18. The van der Waals surface area contributed by atoms with Crippen molar-refractivity contribution in [3.8, 4) is 11.8 Å². The Kier molecular flexibility index (Phi) is 4.36. The molecule has 5 heteroatoms. The maximum absolute atomic E-state index is 13.0. The molecule has 1 aliphatic carbocycles. The largest absolute Gasteiger partial charge is 0.288 e. The number of aromatic nitrogens is 1. The zero-order chi connectivity index (χ0) is 21.7. The zero-order valence-corrected chi connectivity index (χ0v) is 18.2. The predicted octanol–water partition coefficient (Wildman–Crippen LogP) is 6.37. The van der Waals surface area contributed by atoms with Gasteiger partial charge in [-0.2, -0.15) is 0 Å². The van der Waals surface area contributed by atoms with E-state index in [2.05, 4.69) is 16.8 Å². The lowest BCUT2D eigenvalue weighted by Crippen LogP contribution is -1.99. The molecule has 0 amide bonds. The molecule has 2 aromatic heterocycles. The fourth-order valence-electron chi connectivity index (χ4n) is 3.81. The van der Waals surface area contributed by atoms with Gasteiger partial charge in [-0.1, -0.05) is 48.4 Å². The SMILES string of the molecule is O=C1C(=Cc2cc3sc(C#Cc4ccccc4)nc3s2)C(=O)c2cc3ccccc3cc21. The number of hydrogen-bond acceptors (Lipinski definition) is 5.